The lowest BCUT2D eigenvalue weighted by atomic mass is 10.1. The number of ether oxygens (including phenoxy) is 1. The van der Waals surface area contributed by atoms with Gasteiger partial charge in [-0.3, -0.25) is 9.52 Å². The van der Waals surface area contributed by atoms with E-state index in [1.807, 2.05) is 12.1 Å². The number of thiophene rings is 1. The van der Waals surface area contributed by atoms with Crippen molar-refractivity contribution in [3.05, 3.63) is 54.5 Å². The van der Waals surface area contributed by atoms with Crippen molar-refractivity contribution in [1.82, 2.24) is 20.3 Å². The molecule has 2 atom stereocenters. The predicted molar refractivity (Wildman–Crippen MR) is 136 cm³/mol. The molecule has 0 radical (unpaired) electrons. The molecule has 2 aliphatic heterocycles. The van der Waals surface area contributed by atoms with Crippen molar-refractivity contribution >= 4 is 50.0 Å². The van der Waals surface area contributed by atoms with Crippen LogP contribution < -0.4 is 19.7 Å². The lowest BCUT2D eigenvalue weighted by Crippen LogP contribution is -2.31. The van der Waals surface area contributed by atoms with Gasteiger partial charge >= 0.3 is 0 Å². The third-order valence-corrected chi connectivity index (χ3v) is 8.53. The Morgan fingerprint density at radius 3 is 2.97 bits per heavy atom. The first-order chi connectivity index (χ1) is 17.1. The normalized spacial score (nSPS) is 19.7. The molecule has 1 fully saturated rings. The molecule has 1 aromatic carbocycles. The molecule has 1 amide bonds. The summed E-state index contributed by atoms with van der Waals surface area (Å²) in [6, 6.07) is 10.7. The van der Waals surface area contributed by atoms with Crippen LogP contribution in [0.25, 0.3) is 20.7 Å². The number of aromatic nitrogens is 3. The average molecular weight is 507 g/mol. The fraction of sp³-hybridized carbons (Fsp3) is 0.250. The summed E-state index contributed by atoms with van der Waals surface area (Å²) >= 11 is 1.60. The summed E-state index contributed by atoms with van der Waals surface area (Å²) < 4.78 is 22.6. The molecule has 5 heterocycles. The number of rotatable bonds is 1. The second kappa shape index (κ2) is 8.90. The molecule has 178 valence electrons. The molecule has 6 rings (SSSR count). The highest BCUT2D eigenvalue weighted by Gasteiger charge is 2.26. The Morgan fingerprint density at radius 2 is 2.09 bits per heavy atom. The lowest BCUT2D eigenvalue weighted by Gasteiger charge is -2.18. The van der Waals surface area contributed by atoms with Gasteiger partial charge in [-0.15, -0.1) is 11.3 Å². The molecule has 0 aliphatic carbocycles. The highest BCUT2D eigenvalue weighted by atomic mass is 32.2. The molecule has 8 bridgehead atoms. The monoisotopic (exact) mass is 506 g/mol. The van der Waals surface area contributed by atoms with Crippen LogP contribution in [0.15, 0.2) is 53.8 Å². The van der Waals surface area contributed by atoms with E-state index in [2.05, 4.69) is 29.9 Å². The van der Waals surface area contributed by atoms with Gasteiger partial charge in [-0.05, 0) is 42.7 Å². The molecular weight excluding hydrogens is 484 g/mol. The van der Waals surface area contributed by atoms with Crippen LogP contribution in [0.4, 0.5) is 11.5 Å². The van der Waals surface area contributed by atoms with Crippen LogP contribution in [0.1, 0.15) is 16.8 Å². The Balaban J connectivity index is 1.48. The number of nitrogens with one attached hydrogen (secondary N) is 2. The fourth-order valence-electron chi connectivity index (χ4n) is 4.47. The topological polar surface area (TPSA) is 109 Å². The molecule has 2 aliphatic rings. The minimum Gasteiger partial charge on any atom is -0.480 e. The number of amides is 1. The number of benzene rings is 1. The van der Waals surface area contributed by atoms with E-state index in [0.29, 0.717) is 34.5 Å². The maximum atomic E-state index is 13.2. The molecule has 2 N–H and O–H groups in total. The van der Waals surface area contributed by atoms with Crippen molar-refractivity contribution in [3.63, 3.8) is 0 Å². The van der Waals surface area contributed by atoms with Crippen molar-refractivity contribution in [2.24, 2.45) is 5.92 Å². The average Bonchev–Trinajstić information content (AvgIpc) is 3.54. The number of hydrogen-bond donors (Lipinski definition) is 2. The number of anilines is 2. The molecule has 9 nitrogen and oxygen atoms in total. The van der Waals surface area contributed by atoms with E-state index in [-0.39, 0.29) is 5.91 Å². The number of fused-ring (bicyclic) bond motifs is 9. The van der Waals surface area contributed by atoms with Crippen LogP contribution in [-0.4, -0.2) is 51.8 Å². The van der Waals surface area contributed by atoms with Crippen molar-refractivity contribution < 1.29 is 13.7 Å². The molecule has 1 saturated heterocycles. The highest BCUT2D eigenvalue weighted by Crippen LogP contribution is 2.39. The van der Waals surface area contributed by atoms with E-state index >= 15 is 0 Å². The Bertz CT molecular complexity index is 1470. The summed E-state index contributed by atoms with van der Waals surface area (Å²) in [6.45, 7) is 2.24. The first-order valence-corrected chi connectivity index (χ1v) is 13.2. The zero-order valence-corrected chi connectivity index (χ0v) is 20.5. The third-order valence-electron chi connectivity index (χ3n) is 6.27. The Kier molecular flexibility index (Phi) is 5.57. The van der Waals surface area contributed by atoms with Crippen molar-refractivity contribution in [2.45, 2.75) is 11.3 Å². The zero-order valence-electron chi connectivity index (χ0n) is 18.9. The van der Waals surface area contributed by atoms with Crippen LogP contribution in [0.5, 0.6) is 5.88 Å². The van der Waals surface area contributed by atoms with E-state index < -0.39 is 11.0 Å². The number of carbonyl (C=O) groups is 1. The summed E-state index contributed by atoms with van der Waals surface area (Å²) in [5, 5.41) is 3.04. The van der Waals surface area contributed by atoms with Gasteiger partial charge < -0.3 is 15.0 Å². The number of pyridine rings is 1. The Morgan fingerprint density at radius 1 is 1.17 bits per heavy atom. The molecule has 0 spiro atoms. The number of carbonyl (C=O) groups excluding carboxylic acids is 1. The minimum absolute atomic E-state index is 0.183. The molecule has 4 aromatic rings. The number of hydrogen-bond acceptors (Lipinski definition) is 8. The summed E-state index contributed by atoms with van der Waals surface area (Å²) in [5.74, 6) is 1.37. The Hall–Kier alpha value is -3.57. The summed E-state index contributed by atoms with van der Waals surface area (Å²) in [6.07, 6.45) is 4.30. The minimum atomic E-state index is -1.63. The van der Waals surface area contributed by atoms with Crippen LogP contribution in [0.3, 0.4) is 0 Å². The van der Waals surface area contributed by atoms with Gasteiger partial charge in [0, 0.05) is 41.8 Å². The van der Waals surface area contributed by atoms with Gasteiger partial charge in [-0.2, -0.15) is 0 Å². The predicted octanol–water partition coefficient (Wildman–Crippen LogP) is 3.47. The Labute approximate surface area is 208 Å². The SMILES string of the molecule is COc1ncc2cc1NS(=O)c1cccc(c1)C(=O)NC[C@H]1CCN(C1)c1ncnc3cc-2sc13. The van der Waals surface area contributed by atoms with Crippen LogP contribution in [0.2, 0.25) is 0 Å². The first-order valence-electron chi connectivity index (χ1n) is 11.2. The van der Waals surface area contributed by atoms with E-state index in [1.165, 1.54) is 7.11 Å². The van der Waals surface area contributed by atoms with Crippen LogP contribution in [0, 0.1) is 5.92 Å². The van der Waals surface area contributed by atoms with Crippen LogP contribution in [-0.2, 0) is 11.0 Å². The van der Waals surface area contributed by atoms with Gasteiger partial charge in [0.05, 0.1) is 22.2 Å². The smallest absolute Gasteiger partial charge is 0.251 e. The van der Waals surface area contributed by atoms with Crippen molar-refractivity contribution in [2.75, 3.05) is 36.4 Å². The van der Waals surface area contributed by atoms with E-state index in [4.69, 9.17) is 4.74 Å². The van der Waals surface area contributed by atoms with Gasteiger partial charge in [0.25, 0.3) is 5.91 Å². The van der Waals surface area contributed by atoms with E-state index in [9.17, 15) is 9.00 Å². The second-order valence-electron chi connectivity index (χ2n) is 8.51. The van der Waals surface area contributed by atoms with Gasteiger partial charge in [0.1, 0.15) is 28.8 Å². The number of nitrogens with zero attached hydrogens (tertiary/aromatic N) is 4. The van der Waals surface area contributed by atoms with E-state index in [1.54, 1.807) is 48.1 Å². The van der Waals surface area contributed by atoms with Gasteiger partial charge in [0.15, 0.2) is 0 Å². The molecule has 0 saturated carbocycles. The maximum Gasteiger partial charge on any atom is 0.251 e. The number of methoxy groups -OCH3 is 1. The summed E-state index contributed by atoms with van der Waals surface area (Å²) in [5.41, 5.74) is 2.68. The van der Waals surface area contributed by atoms with Gasteiger partial charge in [0.2, 0.25) is 5.88 Å². The lowest BCUT2D eigenvalue weighted by molar-refractivity contribution is 0.0948. The van der Waals surface area contributed by atoms with E-state index in [0.717, 1.165) is 46.0 Å². The fourth-order valence-corrected chi connectivity index (χ4v) is 6.48. The largest absolute Gasteiger partial charge is 0.480 e. The molecular formula is C24H22N6O3S2. The highest BCUT2D eigenvalue weighted by molar-refractivity contribution is 7.86. The third kappa shape index (κ3) is 4.10. The molecule has 3 aromatic heterocycles. The quantitative estimate of drug-likeness (QED) is 0.407. The maximum absolute atomic E-state index is 13.2. The van der Waals surface area contributed by atoms with Crippen molar-refractivity contribution in [3.8, 4) is 16.3 Å². The molecule has 35 heavy (non-hydrogen) atoms. The first kappa shape index (κ1) is 21.9. The van der Waals surface area contributed by atoms with Crippen LogP contribution >= 0.6 is 11.3 Å². The second-order valence-corrected chi connectivity index (χ2v) is 10.8. The molecule has 1 unspecified atom stereocenters. The summed E-state index contributed by atoms with van der Waals surface area (Å²) in [4.78, 5) is 30.1. The zero-order chi connectivity index (χ0) is 23.9. The van der Waals surface area contributed by atoms with Gasteiger partial charge in [-0.25, -0.2) is 19.2 Å². The summed E-state index contributed by atoms with van der Waals surface area (Å²) in [7, 11) is -0.110. The van der Waals surface area contributed by atoms with Crippen molar-refractivity contribution in [1.29, 1.82) is 0 Å². The molecule has 11 heteroatoms. The van der Waals surface area contributed by atoms with Gasteiger partial charge in [-0.1, -0.05) is 6.07 Å². The standard InChI is InChI=1S/C24H22N6O3S2/c1-33-24-19-8-16(11-26-24)20-9-18-21(34-20)22(28-13-27-18)30-6-5-14(12-30)10-25-23(31)15-3-2-4-17(7-15)35(32)29-19/h2-4,7-9,11,13-14,29H,5-6,10,12H2,1H3,(H,25,31)/t14-,35?/m1/s1.